The van der Waals surface area contributed by atoms with E-state index >= 15 is 0 Å². The Morgan fingerprint density at radius 1 is 1.16 bits per heavy atom. The van der Waals surface area contributed by atoms with Crippen molar-refractivity contribution < 1.29 is 14.7 Å². The molecule has 2 aromatic carbocycles. The van der Waals surface area contributed by atoms with Crippen molar-refractivity contribution in [1.82, 2.24) is 0 Å². The standard InChI is InChI=1S/C15H14NO3/c1-18-14-8-4-2-6-11(14)13-10-19-15-9-5-3-7-12(15)16(13)17/h2-9,13H,10H2,1H3. The summed E-state index contributed by atoms with van der Waals surface area (Å²) in [7, 11) is 1.60. The first-order valence-electron chi connectivity index (χ1n) is 6.12. The highest BCUT2D eigenvalue weighted by atomic mass is 16.5. The molecule has 1 unspecified atom stereocenters. The number of benzene rings is 2. The molecule has 1 aliphatic heterocycles. The molecule has 1 aliphatic rings. The zero-order valence-corrected chi connectivity index (χ0v) is 10.6. The van der Waals surface area contributed by atoms with Crippen LogP contribution in [0.25, 0.3) is 0 Å². The molecular formula is C15H14NO3. The number of ether oxygens (including phenoxy) is 2. The minimum Gasteiger partial charge on any atom is -0.496 e. The quantitative estimate of drug-likeness (QED) is 0.829. The number of hydrogen-bond donors (Lipinski definition) is 0. The van der Waals surface area contributed by atoms with Gasteiger partial charge in [0.05, 0.1) is 7.11 Å². The van der Waals surface area contributed by atoms with Gasteiger partial charge in [0.2, 0.25) is 0 Å². The van der Waals surface area contributed by atoms with E-state index in [1.165, 1.54) is 0 Å². The third-order valence-electron chi connectivity index (χ3n) is 3.28. The van der Waals surface area contributed by atoms with Crippen molar-refractivity contribution in [2.75, 3.05) is 18.8 Å². The number of nitrogens with zero attached hydrogens (tertiary/aromatic N) is 1. The van der Waals surface area contributed by atoms with Gasteiger partial charge in [0, 0.05) is 5.56 Å². The number of anilines is 1. The summed E-state index contributed by atoms with van der Waals surface area (Å²) in [6.45, 7) is 0.320. The summed E-state index contributed by atoms with van der Waals surface area (Å²) in [6.07, 6.45) is 0. The van der Waals surface area contributed by atoms with E-state index in [2.05, 4.69) is 0 Å². The summed E-state index contributed by atoms with van der Waals surface area (Å²) >= 11 is 0. The van der Waals surface area contributed by atoms with Gasteiger partial charge < -0.3 is 9.47 Å². The number of hydroxylamine groups is 1. The Hall–Kier alpha value is -2.20. The largest absolute Gasteiger partial charge is 0.496 e. The Labute approximate surface area is 111 Å². The van der Waals surface area contributed by atoms with Crippen molar-refractivity contribution in [3.05, 3.63) is 54.1 Å². The first kappa shape index (κ1) is 11.9. The Morgan fingerprint density at radius 2 is 1.89 bits per heavy atom. The average molecular weight is 256 g/mol. The summed E-state index contributed by atoms with van der Waals surface area (Å²) in [5.74, 6) is 1.33. The van der Waals surface area contributed by atoms with Gasteiger partial charge in [-0.2, -0.15) is 0 Å². The SMILES string of the molecule is COc1ccccc1C1COc2ccccc2N1[O]. The van der Waals surface area contributed by atoms with Gasteiger partial charge in [-0.05, 0) is 18.2 Å². The Balaban J connectivity index is 2.00. The molecule has 0 bridgehead atoms. The van der Waals surface area contributed by atoms with Crippen LogP contribution >= 0.6 is 0 Å². The van der Waals surface area contributed by atoms with Crippen LogP contribution in [0.5, 0.6) is 11.5 Å². The minimum absolute atomic E-state index is 0.320. The maximum Gasteiger partial charge on any atom is 0.145 e. The smallest absolute Gasteiger partial charge is 0.145 e. The van der Waals surface area contributed by atoms with Crippen molar-refractivity contribution in [2.24, 2.45) is 0 Å². The second kappa shape index (κ2) is 4.82. The van der Waals surface area contributed by atoms with E-state index in [4.69, 9.17) is 9.47 Å². The predicted molar refractivity (Wildman–Crippen MR) is 70.8 cm³/mol. The molecule has 97 valence electrons. The Morgan fingerprint density at radius 3 is 2.74 bits per heavy atom. The van der Waals surface area contributed by atoms with Crippen LogP contribution in [0.4, 0.5) is 5.69 Å². The molecule has 2 aromatic rings. The lowest BCUT2D eigenvalue weighted by Gasteiger charge is -2.32. The topological polar surface area (TPSA) is 41.6 Å². The molecular weight excluding hydrogens is 242 g/mol. The van der Waals surface area contributed by atoms with Gasteiger partial charge in [0.1, 0.15) is 29.8 Å². The fourth-order valence-electron chi connectivity index (χ4n) is 2.32. The molecule has 0 fully saturated rings. The normalized spacial score (nSPS) is 17.6. The van der Waals surface area contributed by atoms with Crippen LogP contribution in [-0.2, 0) is 5.21 Å². The second-order valence-corrected chi connectivity index (χ2v) is 4.36. The Bertz CT molecular complexity index is 585. The lowest BCUT2D eigenvalue weighted by atomic mass is 10.0. The number of para-hydroxylation sites is 3. The fourth-order valence-corrected chi connectivity index (χ4v) is 2.32. The van der Waals surface area contributed by atoms with E-state index in [0.29, 0.717) is 23.8 Å². The minimum atomic E-state index is -0.383. The molecule has 0 spiro atoms. The van der Waals surface area contributed by atoms with E-state index in [1.807, 2.05) is 36.4 Å². The summed E-state index contributed by atoms with van der Waals surface area (Å²) < 4.78 is 11.0. The van der Waals surface area contributed by atoms with Crippen molar-refractivity contribution in [3.8, 4) is 11.5 Å². The molecule has 0 aliphatic carbocycles. The van der Waals surface area contributed by atoms with Gasteiger partial charge in [-0.1, -0.05) is 35.5 Å². The molecule has 3 rings (SSSR count). The lowest BCUT2D eigenvalue weighted by Crippen LogP contribution is -2.33. The van der Waals surface area contributed by atoms with Crippen LogP contribution in [-0.4, -0.2) is 13.7 Å². The fraction of sp³-hybridized carbons (Fsp3) is 0.200. The van der Waals surface area contributed by atoms with Crippen LogP contribution in [0.2, 0.25) is 0 Å². The molecule has 0 saturated carbocycles. The molecule has 1 atom stereocenters. The molecule has 0 amide bonds. The average Bonchev–Trinajstić information content (AvgIpc) is 2.48. The maximum atomic E-state index is 12.5. The molecule has 1 heterocycles. The molecule has 0 aromatic heterocycles. The van der Waals surface area contributed by atoms with Crippen LogP contribution in [0.15, 0.2) is 48.5 Å². The van der Waals surface area contributed by atoms with E-state index in [0.717, 1.165) is 10.6 Å². The third-order valence-corrected chi connectivity index (χ3v) is 3.28. The first-order valence-corrected chi connectivity index (χ1v) is 6.12. The van der Waals surface area contributed by atoms with Gasteiger partial charge >= 0.3 is 0 Å². The van der Waals surface area contributed by atoms with E-state index in [9.17, 15) is 5.21 Å². The van der Waals surface area contributed by atoms with Crippen molar-refractivity contribution in [2.45, 2.75) is 6.04 Å². The first-order chi connectivity index (χ1) is 9.31. The van der Waals surface area contributed by atoms with Gasteiger partial charge in [0.15, 0.2) is 0 Å². The van der Waals surface area contributed by atoms with Gasteiger partial charge in [0.25, 0.3) is 0 Å². The zero-order chi connectivity index (χ0) is 13.2. The molecule has 19 heavy (non-hydrogen) atoms. The maximum absolute atomic E-state index is 12.5. The summed E-state index contributed by atoms with van der Waals surface area (Å²) in [5.41, 5.74) is 1.40. The number of hydrogen-bond acceptors (Lipinski definition) is 3. The molecule has 0 saturated heterocycles. The monoisotopic (exact) mass is 256 g/mol. The highest BCUT2D eigenvalue weighted by Crippen LogP contribution is 2.40. The van der Waals surface area contributed by atoms with Crippen molar-refractivity contribution in [1.29, 1.82) is 0 Å². The van der Waals surface area contributed by atoms with Crippen LogP contribution in [0, 0.1) is 0 Å². The van der Waals surface area contributed by atoms with Crippen LogP contribution in [0.1, 0.15) is 11.6 Å². The van der Waals surface area contributed by atoms with Crippen molar-refractivity contribution >= 4 is 5.69 Å². The number of fused-ring (bicyclic) bond motifs is 1. The van der Waals surface area contributed by atoms with Gasteiger partial charge in [-0.15, -0.1) is 0 Å². The number of rotatable bonds is 2. The highest BCUT2D eigenvalue weighted by Gasteiger charge is 2.30. The second-order valence-electron chi connectivity index (χ2n) is 4.36. The van der Waals surface area contributed by atoms with Crippen LogP contribution in [0.3, 0.4) is 0 Å². The van der Waals surface area contributed by atoms with E-state index in [1.54, 1.807) is 19.2 Å². The summed E-state index contributed by atoms with van der Waals surface area (Å²) in [5, 5.41) is 13.5. The summed E-state index contributed by atoms with van der Waals surface area (Å²) in [4.78, 5) is 0. The molecule has 4 heteroatoms. The molecule has 0 N–H and O–H groups in total. The van der Waals surface area contributed by atoms with Crippen LogP contribution < -0.4 is 14.5 Å². The zero-order valence-electron chi connectivity index (χ0n) is 10.6. The Kier molecular flexibility index (Phi) is 3.01. The molecule has 4 nitrogen and oxygen atoms in total. The van der Waals surface area contributed by atoms with E-state index < -0.39 is 0 Å². The summed E-state index contributed by atoms with van der Waals surface area (Å²) in [6, 6.07) is 14.4. The van der Waals surface area contributed by atoms with Crippen molar-refractivity contribution in [3.63, 3.8) is 0 Å². The third kappa shape index (κ3) is 2.00. The van der Waals surface area contributed by atoms with Gasteiger partial charge in [-0.25, -0.2) is 5.06 Å². The lowest BCUT2D eigenvalue weighted by molar-refractivity contribution is 0.0876. The number of methoxy groups -OCH3 is 1. The van der Waals surface area contributed by atoms with E-state index in [-0.39, 0.29) is 6.04 Å². The highest BCUT2D eigenvalue weighted by molar-refractivity contribution is 5.60. The molecule has 1 radical (unpaired) electrons. The predicted octanol–water partition coefficient (Wildman–Crippen LogP) is 2.98. The van der Waals surface area contributed by atoms with Gasteiger partial charge in [-0.3, -0.25) is 0 Å².